The van der Waals surface area contributed by atoms with Gasteiger partial charge >= 0.3 is 0 Å². The topological polar surface area (TPSA) is 84.7 Å². The van der Waals surface area contributed by atoms with E-state index in [4.69, 9.17) is 10.5 Å². The lowest BCUT2D eigenvalue weighted by Gasteiger charge is -2.32. The number of anilines is 1. The summed E-state index contributed by atoms with van der Waals surface area (Å²) >= 11 is 0. The van der Waals surface area contributed by atoms with E-state index in [0.29, 0.717) is 24.5 Å². The highest BCUT2D eigenvalue weighted by Crippen LogP contribution is 2.34. The summed E-state index contributed by atoms with van der Waals surface area (Å²) in [6.07, 6.45) is 0.250. The van der Waals surface area contributed by atoms with Gasteiger partial charge in [0.1, 0.15) is 12.3 Å². The number of carbonyl (C=O) groups is 2. The highest BCUT2D eigenvalue weighted by Gasteiger charge is 2.32. The van der Waals surface area contributed by atoms with Crippen molar-refractivity contribution >= 4 is 17.5 Å². The molecule has 0 bridgehead atoms. The SMILES string of the molecule is CCCNC(=O)CN1C(=O)C(C)Oc2cc(CN)ccc21. The first kappa shape index (κ1) is 15.3. The van der Waals surface area contributed by atoms with Crippen LogP contribution in [-0.2, 0) is 16.1 Å². The standard InChI is InChI=1S/C15H21N3O3/c1-3-6-17-14(19)9-18-12-5-4-11(8-16)7-13(12)21-10(2)15(18)20/h4-5,7,10H,3,6,8-9,16H2,1-2H3,(H,17,19). The molecule has 21 heavy (non-hydrogen) atoms. The molecule has 1 atom stereocenters. The highest BCUT2D eigenvalue weighted by molar-refractivity contribution is 6.03. The van der Waals surface area contributed by atoms with Crippen LogP contribution in [0, 0.1) is 0 Å². The summed E-state index contributed by atoms with van der Waals surface area (Å²) in [5, 5.41) is 2.77. The summed E-state index contributed by atoms with van der Waals surface area (Å²) in [6, 6.07) is 5.42. The Bertz CT molecular complexity index is 545. The van der Waals surface area contributed by atoms with Gasteiger partial charge in [-0.3, -0.25) is 14.5 Å². The molecule has 0 saturated carbocycles. The van der Waals surface area contributed by atoms with Crippen molar-refractivity contribution in [2.75, 3.05) is 18.0 Å². The van der Waals surface area contributed by atoms with Crippen LogP contribution in [0.1, 0.15) is 25.8 Å². The van der Waals surface area contributed by atoms with Crippen molar-refractivity contribution in [2.45, 2.75) is 32.9 Å². The number of ether oxygens (including phenoxy) is 1. The van der Waals surface area contributed by atoms with E-state index in [1.165, 1.54) is 4.90 Å². The molecule has 6 heteroatoms. The summed E-state index contributed by atoms with van der Waals surface area (Å²) in [6.45, 7) is 4.66. The van der Waals surface area contributed by atoms with E-state index in [-0.39, 0.29) is 18.4 Å². The van der Waals surface area contributed by atoms with Gasteiger partial charge in [-0.2, -0.15) is 0 Å². The second-order valence-electron chi connectivity index (χ2n) is 5.04. The first-order valence-electron chi connectivity index (χ1n) is 7.14. The van der Waals surface area contributed by atoms with Gasteiger partial charge in [0.15, 0.2) is 6.10 Å². The van der Waals surface area contributed by atoms with Crippen molar-refractivity contribution in [1.82, 2.24) is 5.32 Å². The van der Waals surface area contributed by atoms with Gasteiger partial charge in [-0.15, -0.1) is 0 Å². The number of benzene rings is 1. The number of carbonyl (C=O) groups excluding carboxylic acids is 2. The van der Waals surface area contributed by atoms with Crippen LogP contribution in [-0.4, -0.2) is 31.0 Å². The molecule has 1 aliphatic heterocycles. The van der Waals surface area contributed by atoms with E-state index in [0.717, 1.165) is 12.0 Å². The number of hydrogen-bond donors (Lipinski definition) is 2. The summed E-state index contributed by atoms with van der Waals surface area (Å²) in [4.78, 5) is 25.6. The molecule has 0 aromatic heterocycles. The maximum Gasteiger partial charge on any atom is 0.268 e. The Labute approximate surface area is 124 Å². The number of fused-ring (bicyclic) bond motifs is 1. The van der Waals surface area contributed by atoms with Crippen LogP contribution in [0.25, 0.3) is 0 Å². The molecule has 0 spiro atoms. The first-order valence-corrected chi connectivity index (χ1v) is 7.14. The van der Waals surface area contributed by atoms with Crippen LogP contribution in [0.4, 0.5) is 5.69 Å². The third kappa shape index (κ3) is 3.33. The number of amides is 2. The Hall–Kier alpha value is -2.08. The Kier molecular flexibility index (Phi) is 4.80. The molecule has 2 rings (SSSR count). The molecule has 1 unspecified atom stereocenters. The zero-order valence-electron chi connectivity index (χ0n) is 12.4. The number of nitrogens with zero attached hydrogens (tertiary/aromatic N) is 1. The monoisotopic (exact) mass is 291 g/mol. The average Bonchev–Trinajstić information content (AvgIpc) is 2.49. The molecular weight excluding hydrogens is 270 g/mol. The molecule has 114 valence electrons. The maximum atomic E-state index is 12.2. The zero-order valence-corrected chi connectivity index (χ0v) is 12.4. The molecule has 0 saturated heterocycles. The molecule has 0 aliphatic carbocycles. The van der Waals surface area contributed by atoms with Gasteiger partial charge in [0.25, 0.3) is 5.91 Å². The zero-order chi connectivity index (χ0) is 15.4. The molecule has 1 aliphatic rings. The molecule has 3 N–H and O–H groups in total. The molecule has 0 fully saturated rings. The van der Waals surface area contributed by atoms with Crippen LogP contribution in [0.5, 0.6) is 5.75 Å². The predicted octanol–water partition coefficient (Wildman–Crippen LogP) is 0.785. The maximum absolute atomic E-state index is 12.2. The quantitative estimate of drug-likeness (QED) is 0.840. The second-order valence-corrected chi connectivity index (χ2v) is 5.04. The Morgan fingerprint density at radius 2 is 2.24 bits per heavy atom. The van der Waals surface area contributed by atoms with Crippen molar-refractivity contribution in [3.05, 3.63) is 23.8 Å². The van der Waals surface area contributed by atoms with Gasteiger partial charge in [-0.25, -0.2) is 0 Å². The lowest BCUT2D eigenvalue weighted by Crippen LogP contribution is -2.48. The lowest BCUT2D eigenvalue weighted by molar-refractivity contribution is -0.128. The van der Waals surface area contributed by atoms with Crippen molar-refractivity contribution in [3.8, 4) is 5.75 Å². The fraction of sp³-hybridized carbons (Fsp3) is 0.467. The van der Waals surface area contributed by atoms with Crippen LogP contribution in [0.2, 0.25) is 0 Å². The minimum Gasteiger partial charge on any atom is -0.479 e. The van der Waals surface area contributed by atoms with E-state index >= 15 is 0 Å². The van der Waals surface area contributed by atoms with Crippen LogP contribution in [0.3, 0.4) is 0 Å². The van der Waals surface area contributed by atoms with E-state index in [1.54, 1.807) is 13.0 Å². The van der Waals surface area contributed by atoms with Gasteiger partial charge in [0, 0.05) is 13.1 Å². The molecular formula is C15H21N3O3. The summed E-state index contributed by atoms with van der Waals surface area (Å²) < 4.78 is 5.60. The Morgan fingerprint density at radius 3 is 2.90 bits per heavy atom. The lowest BCUT2D eigenvalue weighted by atomic mass is 10.1. The minimum absolute atomic E-state index is 0.00149. The predicted molar refractivity (Wildman–Crippen MR) is 80.1 cm³/mol. The van der Waals surface area contributed by atoms with E-state index in [1.807, 2.05) is 19.1 Å². The van der Waals surface area contributed by atoms with Gasteiger partial charge < -0.3 is 15.8 Å². The fourth-order valence-corrected chi connectivity index (χ4v) is 2.21. The molecule has 2 amide bonds. The molecule has 6 nitrogen and oxygen atoms in total. The molecule has 1 aromatic rings. The number of hydrogen-bond acceptors (Lipinski definition) is 4. The third-order valence-electron chi connectivity index (χ3n) is 3.34. The van der Waals surface area contributed by atoms with Crippen LogP contribution in [0.15, 0.2) is 18.2 Å². The van der Waals surface area contributed by atoms with Crippen LogP contribution < -0.4 is 20.7 Å². The van der Waals surface area contributed by atoms with Gasteiger partial charge in [-0.05, 0) is 31.0 Å². The Balaban J connectivity index is 2.24. The molecule has 1 aromatic carbocycles. The summed E-state index contributed by atoms with van der Waals surface area (Å²) in [5.41, 5.74) is 7.15. The first-order chi connectivity index (χ1) is 10.1. The van der Waals surface area contributed by atoms with Gasteiger partial charge in [-0.1, -0.05) is 13.0 Å². The second kappa shape index (κ2) is 6.58. The van der Waals surface area contributed by atoms with E-state index in [9.17, 15) is 9.59 Å². The molecule has 0 radical (unpaired) electrons. The van der Waals surface area contributed by atoms with Gasteiger partial charge in [0.2, 0.25) is 5.91 Å². The van der Waals surface area contributed by atoms with Crippen molar-refractivity contribution in [3.63, 3.8) is 0 Å². The third-order valence-corrected chi connectivity index (χ3v) is 3.34. The number of nitrogens with one attached hydrogen (secondary N) is 1. The van der Waals surface area contributed by atoms with Crippen molar-refractivity contribution in [2.24, 2.45) is 5.73 Å². The smallest absolute Gasteiger partial charge is 0.268 e. The molecule has 1 heterocycles. The summed E-state index contributed by atoms with van der Waals surface area (Å²) in [5.74, 6) is 0.205. The number of nitrogens with two attached hydrogens (primary N) is 1. The van der Waals surface area contributed by atoms with Gasteiger partial charge in [0.05, 0.1) is 5.69 Å². The van der Waals surface area contributed by atoms with E-state index < -0.39 is 6.10 Å². The summed E-state index contributed by atoms with van der Waals surface area (Å²) in [7, 11) is 0. The largest absolute Gasteiger partial charge is 0.479 e. The normalized spacial score (nSPS) is 17.2. The number of rotatable bonds is 5. The van der Waals surface area contributed by atoms with Crippen molar-refractivity contribution in [1.29, 1.82) is 0 Å². The Morgan fingerprint density at radius 1 is 1.48 bits per heavy atom. The van der Waals surface area contributed by atoms with Crippen LogP contribution >= 0.6 is 0 Å². The van der Waals surface area contributed by atoms with Crippen molar-refractivity contribution < 1.29 is 14.3 Å². The fourth-order valence-electron chi connectivity index (χ4n) is 2.21. The highest BCUT2D eigenvalue weighted by atomic mass is 16.5. The minimum atomic E-state index is -0.607. The average molecular weight is 291 g/mol. The van der Waals surface area contributed by atoms with E-state index in [2.05, 4.69) is 5.32 Å².